The van der Waals surface area contributed by atoms with Gasteiger partial charge < -0.3 is 10.8 Å². The number of hydrogen-bond acceptors (Lipinski definition) is 2. The van der Waals surface area contributed by atoms with E-state index in [1.54, 1.807) is 0 Å². The van der Waals surface area contributed by atoms with Crippen LogP contribution in [-0.4, -0.2) is 41.8 Å². The predicted octanol–water partition coefficient (Wildman–Crippen LogP) is 11.2. The van der Waals surface area contributed by atoms with Crippen LogP contribution in [0.15, 0.2) is 91.0 Å². The summed E-state index contributed by atoms with van der Waals surface area (Å²) in [6.45, 7) is 11.0. The van der Waals surface area contributed by atoms with E-state index in [0.717, 1.165) is 0 Å². The predicted molar refractivity (Wildman–Crippen MR) is 200 cm³/mol. The molecule has 3 aromatic rings. The number of hydrogen-bond donors (Lipinski definition) is 2. The van der Waals surface area contributed by atoms with Crippen molar-refractivity contribution in [2.75, 3.05) is 24.6 Å². The van der Waals surface area contributed by atoms with Gasteiger partial charge in [-0.1, -0.05) is 13.8 Å². The summed E-state index contributed by atoms with van der Waals surface area (Å²) in [5.41, 5.74) is 9.80. The van der Waals surface area contributed by atoms with Gasteiger partial charge in [0.1, 0.15) is 6.04 Å². The second kappa shape index (κ2) is 19.2. The van der Waals surface area contributed by atoms with Crippen molar-refractivity contribution in [2.24, 2.45) is 11.7 Å². The van der Waals surface area contributed by atoms with Gasteiger partial charge in [-0.25, -0.2) is 0 Å². The van der Waals surface area contributed by atoms with Crippen molar-refractivity contribution < 1.29 is 9.90 Å². The second-order valence-electron chi connectivity index (χ2n) is 13.7. The Hall–Kier alpha value is -2.48. The Bertz CT molecular complexity index is 1070. The van der Waals surface area contributed by atoms with Crippen LogP contribution in [-0.2, 0) is 9.95 Å². The van der Waals surface area contributed by atoms with Crippen molar-refractivity contribution in [2.45, 2.75) is 111 Å². The van der Waals surface area contributed by atoms with Gasteiger partial charge in [0.15, 0.2) is 0 Å². The molecule has 250 valence electrons. The Morgan fingerprint density at radius 2 is 0.911 bits per heavy atom. The van der Waals surface area contributed by atoms with Crippen LogP contribution in [0.1, 0.15) is 116 Å². The molecule has 4 heteroatoms. The van der Waals surface area contributed by atoms with Crippen LogP contribution in [0.3, 0.4) is 0 Å². The summed E-state index contributed by atoms with van der Waals surface area (Å²) < 4.78 is 0. The van der Waals surface area contributed by atoms with E-state index in [4.69, 9.17) is 10.8 Å². The molecule has 3 aromatic carbocycles. The molecule has 45 heavy (non-hydrogen) atoms. The first-order chi connectivity index (χ1) is 21.7. The summed E-state index contributed by atoms with van der Waals surface area (Å²) in [6.07, 6.45) is 16.6. The Balaban J connectivity index is 0.000000681. The van der Waals surface area contributed by atoms with Gasteiger partial charge in [0.05, 0.1) is 0 Å². The van der Waals surface area contributed by atoms with E-state index in [0.29, 0.717) is 12.3 Å². The van der Waals surface area contributed by atoms with Gasteiger partial charge in [0.25, 0.3) is 0 Å². The maximum atomic E-state index is 10.1. The summed E-state index contributed by atoms with van der Waals surface area (Å²) in [7, 11) is 0. The summed E-state index contributed by atoms with van der Waals surface area (Å²) in [4.78, 5) is 10.1. The fourth-order valence-corrected chi connectivity index (χ4v) is 17.8. The molecule has 1 atom stereocenters. The van der Waals surface area contributed by atoms with Gasteiger partial charge in [-0.15, -0.1) is 0 Å². The molecule has 0 fully saturated rings. The molecular formula is C41H64NO2P. The molecule has 3 nitrogen and oxygen atoms in total. The minimum absolute atomic E-state index is 0.0793. The quantitative estimate of drug-likeness (QED) is 0.102. The third-order valence-electron chi connectivity index (χ3n) is 9.96. The molecule has 0 heterocycles. The van der Waals surface area contributed by atoms with E-state index < -0.39 is 18.6 Å². The molecule has 0 amide bonds. The molecule has 0 aromatic heterocycles. The van der Waals surface area contributed by atoms with Gasteiger partial charge >= 0.3 is 229 Å². The Morgan fingerprint density at radius 1 is 0.622 bits per heavy atom. The molecule has 0 aliphatic carbocycles. The molecule has 0 bridgehead atoms. The number of unbranched alkanes of at least 4 members (excludes halogenated alkanes) is 4. The molecule has 0 aliphatic rings. The minimum atomic E-state index is -2.46. The van der Waals surface area contributed by atoms with E-state index in [2.05, 4.69) is 119 Å². The number of carboxylic acids is 1. The van der Waals surface area contributed by atoms with Crippen LogP contribution >= 0.6 is 6.60 Å². The van der Waals surface area contributed by atoms with Gasteiger partial charge in [-0.2, -0.15) is 0 Å². The number of aliphatic carboxylic acids is 1. The van der Waals surface area contributed by atoms with Crippen molar-refractivity contribution >= 4 is 12.6 Å². The van der Waals surface area contributed by atoms with E-state index >= 15 is 0 Å². The first kappa shape index (κ1) is 38.7. The van der Waals surface area contributed by atoms with E-state index in [-0.39, 0.29) is 5.16 Å². The molecule has 0 aliphatic heterocycles. The molecule has 0 spiro atoms. The van der Waals surface area contributed by atoms with E-state index in [1.807, 2.05) is 13.8 Å². The second-order valence-corrected chi connectivity index (χ2v) is 20.1. The topological polar surface area (TPSA) is 63.3 Å². The number of benzene rings is 3. The summed E-state index contributed by atoms with van der Waals surface area (Å²) in [5.74, 6) is -0.556. The number of nitrogens with two attached hydrogens (primary N) is 1. The van der Waals surface area contributed by atoms with Gasteiger partial charge in [-0.3, -0.25) is 4.79 Å². The van der Waals surface area contributed by atoms with Crippen LogP contribution < -0.4 is 5.73 Å². The van der Waals surface area contributed by atoms with E-state index in [1.165, 1.54) is 92.7 Å². The van der Waals surface area contributed by atoms with Crippen molar-refractivity contribution in [3.05, 3.63) is 108 Å². The molecule has 1 unspecified atom stereocenters. The van der Waals surface area contributed by atoms with Crippen molar-refractivity contribution in [3.8, 4) is 0 Å². The number of carboxylic acid groups (broad SMARTS) is 1. The fourth-order valence-electron chi connectivity index (χ4n) is 7.87. The average Bonchev–Trinajstić information content (AvgIpc) is 3.06. The zero-order valence-corrected chi connectivity index (χ0v) is 30.3. The number of carbonyl (C=O) groups is 1. The molecule has 0 saturated heterocycles. The van der Waals surface area contributed by atoms with Gasteiger partial charge in [0, 0.05) is 0 Å². The van der Waals surface area contributed by atoms with Crippen molar-refractivity contribution in [3.63, 3.8) is 0 Å². The fraction of sp³-hybridized carbons (Fsp3) is 0.537. The van der Waals surface area contributed by atoms with Crippen LogP contribution in [0, 0.1) is 5.92 Å². The Labute approximate surface area is 276 Å². The SMILES string of the molecule is CC(C)CC(N)C(=O)O.CCCCP(CCCC)(CCCC)(CCCC)C(c1ccccc1)(c1ccccc1)c1ccccc1. The molecule has 0 saturated carbocycles. The van der Waals surface area contributed by atoms with Crippen LogP contribution in [0.5, 0.6) is 0 Å². The summed E-state index contributed by atoms with van der Waals surface area (Å²) in [5, 5.41) is 8.23. The van der Waals surface area contributed by atoms with Crippen LogP contribution in [0.25, 0.3) is 0 Å². The van der Waals surface area contributed by atoms with Crippen molar-refractivity contribution in [1.29, 1.82) is 0 Å². The van der Waals surface area contributed by atoms with E-state index in [9.17, 15) is 4.79 Å². The van der Waals surface area contributed by atoms with Crippen LogP contribution in [0.2, 0.25) is 0 Å². The third kappa shape index (κ3) is 9.30. The summed E-state index contributed by atoms with van der Waals surface area (Å²) >= 11 is 0. The van der Waals surface area contributed by atoms with Crippen molar-refractivity contribution in [1.82, 2.24) is 0 Å². The Kier molecular flexibility index (Phi) is 16.5. The first-order valence-corrected chi connectivity index (χ1v) is 20.8. The zero-order valence-electron chi connectivity index (χ0n) is 29.4. The zero-order chi connectivity index (χ0) is 33.2. The molecule has 3 rings (SSSR count). The van der Waals surface area contributed by atoms with Crippen LogP contribution in [0.4, 0.5) is 0 Å². The molecule has 3 N–H and O–H groups in total. The average molecular weight is 634 g/mol. The monoisotopic (exact) mass is 633 g/mol. The summed E-state index contributed by atoms with van der Waals surface area (Å²) in [6, 6.07) is 34.5. The standard InChI is InChI=1S/C35H51P.C6H13NO2/c1-5-9-28-36(29-10-6-2,30-11-7-3,31-12-8-4)35(32-22-16-13-17-23-32,33-24-18-14-19-25-33)34-26-20-15-21-27-34;1-4(2)3-5(7)6(8)9/h13-27H,5-12,28-31H2,1-4H3;4-5H,3,7H2,1-2H3,(H,8,9). The Morgan fingerprint density at radius 3 is 1.11 bits per heavy atom. The normalized spacial score (nSPS) is 13.4. The first-order valence-electron chi connectivity index (χ1n) is 17.8. The molecular weight excluding hydrogens is 569 g/mol. The van der Waals surface area contributed by atoms with Gasteiger partial charge in [-0.05, 0) is 12.3 Å². The molecule has 0 radical (unpaired) electrons. The maximum absolute atomic E-state index is 10.1. The third-order valence-corrected chi connectivity index (χ3v) is 18.6. The number of rotatable bonds is 19. The van der Waals surface area contributed by atoms with Gasteiger partial charge in [0.2, 0.25) is 0 Å².